The van der Waals surface area contributed by atoms with Crippen molar-refractivity contribution in [1.29, 1.82) is 0 Å². The van der Waals surface area contributed by atoms with E-state index in [9.17, 15) is 18.0 Å². The van der Waals surface area contributed by atoms with E-state index >= 15 is 0 Å². The lowest BCUT2D eigenvalue weighted by molar-refractivity contribution is -0.137. The molecule has 7 nitrogen and oxygen atoms in total. The van der Waals surface area contributed by atoms with E-state index in [0.29, 0.717) is 44.5 Å². The zero-order chi connectivity index (χ0) is 29.4. The first-order valence-electron chi connectivity index (χ1n) is 12.1. The molecule has 0 radical (unpaired) electrons. The maximum atomic E-state index is 12.9. The molecule has 0 aliphatic heterocycles. The van der Waals surface area contributed by atoms with E-state index in [2.05, 4.69) is 20.8 Å². The minimum atomic E-state index is -4.45. The number of anilines is 2. The highest BCUT2D eigenvalue weighted by atomic mass is 35.5. The Hall–Kier alpha value is -3.80. The molecule has 0 bridgehead atoms. The first-order chi connectivity index (χ1) is 19.6. The molecule has 4 rings (SSSR count). The number of ether oxygens (including phenoxy) is 2. The number of rotatable bonds is 11. The molecule has 0 unspecified atom stereocenters. The summed E-state index contributed by atoms with van der Waals surface area (Å²) >= 11 is 13.6. The molecule has 0 saturated carbocycles. The molecule has 4 aromatic rings. The number of benzene rings is 3. The third-order valence-corrected chi connectivity index (χ3v) is 6.70. The number of thiazole rings is 1. The quantitative estimate of drug-likeness (QED) is 0.131. The van der Waals surface area contributed by atoms with Gasteiger partial charge < -0.3 is 14.8 Å². The Kier molecular flexibility index (Phi) is 10.1. The van der Waals surface area contributed by atoms with Crippen LogP contribution in [-0.2, 0) is 24.0 Å². The SMILES string of the molecule is CCOc1cc(/C=N\NC(=O)Cc2csc(Nc3cccc(C(F)(F)F)c3)n2)cc(Cl)c1OCc1ccc(Cl)cc1. The van der Waals surface area contributed by atoms with E-state index in [4.69, 9.17) is 32.7 Å². The largest absolute Gasteiger partial charge is 0.490 e. The number of carbonyl (C=O) groups excluding carboxylic acids is 1. The van der Waals surface area contributed by atoms with Gasteiger partial charge in [-0.25, -0.2) is 10.4 Å². The normalized spacial score (nSPS) is 11.5. The molecule has 0 aliphatic rings. The van der Waals surface area contributed by atoms with Crippen LogP contribution in [0.2, 0.25) is 10.0 Å². The fourth-order valence-corrected chi connectivity index (χ4v) is 4.66. The van der Waals surface area contributed by atoms with Gasteiger partial charge in [0.1, 0.15) is 6.61 Å². The fraction of sp³-hybridized carbons (Fsp3) is 0.179. The average Bonchev–Trinajstić information content (AvgIpc) is 3.35. The molecule has 13 heteroatoms. The van der Waals surface area contributed by atoms with Crippen LogP contribution in [0, 0.1) is 0 Å². The van der Waals surface area contributed by atoms with E-state index in [0.717, 1.165) is 29.0 Å². The van der Waals surface area contributed by atoms with Crippen LogP contribution in [0.25, 0.3) is 0 Å². The molecule has 1 amide bonds. The van der Waals surface area contributed by atoms with Gasteiger partial charge >= 0.3 is 6.18 Å². The second-order valence-electron chi connectivity index (χ2n) is 8.50. The Morgan fingerprint density at radius 1 is 1.10 bits per heavy atom. The van der Waals surface area contributed by atoms with Crippen LogP contribution in [0.5, 0.6) is 11.5 Å². The maximum Gasteiger partial charge on any atom is 0.416 e. The van der Waals surface area contributed by atoms with Gasteiger partial charge in [-0.3, -0.25) is 4.79 Å². The molecular formula is C28H23Cl2F3N4O3S. The smallest absolute Gasteiger partial charge is 0.416 e. The summed E-state index contributed by atoms with van der Waals surface area (Å²) in [4.78, 5) is 16.6. The third-order valence-electron chi connectivity index (χ3n) is 5.37. The second kappa shape index (κ2) is 13.7. The van der Waals surface area contributed by atoms with Crippen molar-refractivity contribution in [1.82, 2.24) is 10.4 Å². The Labute approximate surface area is 247 Å². The van der Waals surface area contributed by atoms with Gasteiger partial charge in [-0.05, 0) is 60.5 Å². The highest BCUT2D eigenvalue weighted by Crippen LogP contribution is 2.37. The fourth-order valence-electron chi connectivity index (χ4n) is 3.53. The van der Waals surface area contributed by atoms with Crippen molar-refractivity contribution in [3.8, 4) is 11.5 Å². The zero-order valence-corrected chi connectivity index (χ0v) is 23.8. The number of amides is 1. The summed E-state index contributed by atoms with van der Waals surface area (Å²) in [6.07, 6.45) is -3.12. The summed E-state index contributed by atoms with van der Waals surface area (Å²) in [5, 5.41) is 9.73. The number of alkyl halides is 3. The summed E-state index contributed by atoms with van der Waals surface area (Å²) in [5.41, 5.74) is 3.79. The second-order valence-corrected chi connectivity index (χ2v) is 10.2. The minimum absolute atomic E-state index is 0.0828. The lowest BCUT2D eigenvalue weighted by atomic mass is 10.2. The molecule has 0 spiro atoms. The average molecular weight is 623 g/mol. The predicted octanol–water partition coefficient (Wildman–Crippen LogP) is 7.88. The maximum absolute atomic E-state index is 12.9. The van der Waals surface area contributed by atoms with Gasteiger partial charge in [-0.1, -0.05) is 41.4 Å². The number of hydrazone groups is 1. The van der Waals surface area contributed by atoms with Gasteiger partial charge in [0.15, 0.2) is 16.6 Å². The number of halogens is 5. The van der Waals surface area contributed by atoms with E-state index in [1.54, 1.807) is 29.6 Å². The van der Waals surface area contributed by atoms with Crippen molar-refractivity contribution in [2.24, 2.45) is 5.10 Å². The molecule has 1 heterocycles. The van der Waals surface area contributed by atoms with Crippen LogP contribution >= 0.6 is 34.5 Å². The van der Waals surface area contributed by atoms with Crippen molar-refractivity contribution < 1.29 is 27.4 Å². The molecule has 214 valence electrons. The Balaban J connectivity index is 1.34. The van der Waals surface area contributed by atoms with Gasteiger partial charge in [-0.15, -0.1) is 11.3 Å². The van der Waals surface area contributed by atoms with E-state index in [-0.39, 0.29) is 18.7 Å². The van der Waals surface area contributed by atoms with Gasteiger partial charge in [0.25, 0.3) is 0 Å². The third kappa shape index (κ3) is 8.84. The van der Waals surface area contributed by atoms with Gasteiger partial charge in [-0.2, -0.15) is 18.3 Å². The molecule has 0 atom stereocenters. The Morgan fingerprint density at radius 3 is 2.61 bits per heavy atom. The van der Waals surface area contributed by atoms with E-state index < -0.39 is 17.6 Å². The number of aromatic nitrogens is 1. The first-order valence-corrected chi connectivity index (χ1v) is 13.8. The minimum Gasteiger partial charge on any atom is -0.490 e. The lowest BCUT2D eigenvalue weighted by Gasteiger charge is -2.14. The van der Waals surface area contributed by atoms with Crippen molar-refractivity contribution in [3.63, 3.8) is 0 Å². The summed E-state index contributed by atoms with van der Waals surface area (Å²) in [5.74, 6) is 0.365. The van der Waals surface area contributed by atoms with Crippen LogP contribution in [0.1, 0.15) is 29.3 Å². The van der Waals surface area contributed by atoms with Gasteiger partial charge in [0, 0.05) is 16.1 Å². The molecule has 0 fully saturated rings. The van der Waals surface area contributed by atoms with Crippen molar-refractivity contribution in [3.05, 3.63) is 98.5 Å². The Bertz CT molecular complexity index is 1530. The number of carbonyl (C=O) groups is 1. The molecular weight excluding hydrogens is 600 g/mol. The number of nitrogens with one attached hydrogen (secondary N) is 2. The standard InChI is InChI=1S/C28H23Cl2F3N4O3S/c1-2-39-24-11-18(10-23(30)26(24)40-15-17-6-8-20(29)9-7-17)14-34-37-25(38)13-22-16-41-27(36-22)35-21-5-3-4-19(12-21)28(31,32)33/h3-12,14,16H,2,13,15H2,1H3,(H,35,36)(H,37,38)/b34-14-. The summed E-state index contributed by atoms with van der Waals surface area (Å²) in [6.45, 7) is 2.47. The van der Waals surface area contributed by atoms with Crippen molar-refractivity contribution in [2.75, 3.05) is 11.9 Å². The van der Waals surface area contributed by atoms with Crippen LogP contribution in [0.3, 0.4) is 0 Å². The number of hydrogen-bond acceptors (Lipinski definition) is 7. The molecule has 3 aromatic carbocycles. The van der Waals surface area contributed by atoms with E-state index in [1.807, 2.05) is 19.1 Å². The Morgan fingerprint density at radius 2 is 1.88 bits per heavy atom. The van der Waals surface area contributed by atoms with Crippen LogP contribution < -0.4 is 20.2 Å². The zero-order valence-electron chi connectivity index (χ0n) is 21.5. The number of hydrogen-bond donors (Lipinski definition) is 2. The highest BCUT2D eigenvalue weighted by molar-refractivity contribution is 7.13. The molecule has 0 aliphatic carbocycles. The topological polar surface area (TPSA) is 84.8 Å². The predicted molar refractivity (Wildman–Crippen MR) is 155 cm³/mol. The van der Waals surface area contributed by atoms with Gasteiger partial charge in [0.2, 0.25) is 5.91 Å². The van der Waals surface area contributed by atoms with Crippen LogP contribution in [0.15, 0.2) is 71.1 Å². The first kappa shape index (κ1) is 30.2. The molecule has 2 N–H and O–H groups in total. The summed E-state index contributed by atoms with van der Waals surface area (Å²) in [7, 11) is 0. The molecule has 0 saturated heterocycles. The lowest BCUT2D eigenvalue weighted by Crippen LogP contribution is -2.20. The van der Waals surface area contributed by atoms with Crippen LogP contribution in [-0.4, -0.2) is 23.7 Å². The summed E-state index contributed by atoms with van der Waals surface area (Å²) < 4.78 is 50.4. The monoisotopic (exact) mass is 622 g/mol. The molecule has 1 aromatic heterocycles. The van der Waals surface area contributed by atoms with Crippen LogP contribution in [0.4, 0.5) is 24.0 Å². The van der Waals surface area contributed by atoms with Crippen molar-refractivity contribution in [2.45, 2.75) is 26.1 Å². The number of nitrogens with zero attached hydrogens (tertiary/aromatic N) is 2. The van der Waals surface area contributed by atoms with E-state index in [1.165, 1.54) is 18.3 Å². The highest BCUT2D eigenvalue weighted by Gasteiger charge is 2.30. The van der Waals surface area contributed by atoms with Crippen molar-refractivity contribution >= 4 is 57.5 Å². The van der Waals surface area contributed by atoms with Gasteiger partial charge in [0.05, 0.1) is 35.5 Å². The summed E-state index contributed by atoms with van der Waals surface area (Å²) in [6, 6.07) is 15.3. The molecule has 41 heavy (non-hydrogen) atoms.